The highest BCUT2D eigenvalue weighted by atomic mass is 35.5. The normalized spacial score (nSPS) is 18.7. The van der Waals surface area contributed by atoms with Crippen molar-refractivity contribution in [1.29, 1.82) is 0 Å². The number of piperidine rings is 1. The largest absolute Gasteiger partial charge is 0.342 e. The molecule has 0 saturated carbocycles. The summed E-state index contributed by atoms with van der Waals surface area (Å²) >= 11 is 6.09. The first-order valence-electron chi connectivity index (χ1n) is 11.0. The molecular formula is C23H33ClN4O3. The highest BCUT2D eigenvalue weighted by Gasteiger charge is 2.34. The standard InChI is InChI=1S/C23H33ClN4O3/c1-23(2,3)22(31)28-10-8-17(9-11-28)21(30)27-14-12-26(13-15-27)16-20(29)25-19-7-5-4-6-18(19)24/h4-7,17H,8-16H2,1-3H3,(H,25,29). The summed E-state index contributed by atoms with van der Waals surface area (Å²) in [4.78, 5) is 43.6. The summed E-state index contributed by atoms with van der Waals surface area (Å²) < 4.78 is 0. The maximum Gasteiger partial charge on any atom is 0.238 e. The molecule has 0 radical (unpaired) electrons. The van der Waals surface area contributed by atoms with Gasteiger partial charge in [-0.05, 0) is 25.0 Å². The van der Waals surface area contributed by atoms with Crippen molar-refractivity contribution >= 4 is 35.0 Å². The van der Waals surface area contributed by atoms with Gasteiger partial charge in [0.25, 0.3) is 0 Å². The number of likely N-dealkylation sites (tertiary alicyclic amines) is 1. The van der Waals surface area contributed by atoms with Crippen molar-refractivity contribution in [3.63, 3.8) is 0 Å². The summed E-state index contributed by atoms with van der Waals surface area (Å²) in [6, 6.07) is 7.16. The van der Waals surface area contributed by atoms with Gasteiger partial charge in [-0.25, -0.2) is 0 Å². The molecule has 2 aliphatic heterocycles. The van der Waals surface area contributed by atoms with Crippen molar-refractivity contribution in [3.05, 3.63) is 29.3 Å². The van der Waals surface area contributed by atoms with Crippen LogP contribution in [0.1, 0.15) is 33.6 Å². The lowest BCUT2D eigenvalue weighted by Crippen LogP contribution is -2.53. The van der Waals surface area contributed by atoms with Crippen LogP contribution in [0.25, 0.3) is 0 Å². The number of hydrogen-bond acceptors (Lipinski definition) is 4. The predicted octanol–water partition coefficient (Wildman–Crippen LogP) is 2.71. The second kappa shape index (κ2) is 10.0. The summed E-state index contributed by atoms with van der Waals surface area (Å²) in [5.41, 5.74) is 0.227. The Bertz CT molecular complexity index is 807. The maximum atomic E-state index is 12.9. The van der Waals surface area contributed by atoms with Gasteiger partial charge in [-0.2, -0.15) is 0 Å². The smallest absolute Gasteiger partial charge is 0.238 e. The molecule has 31 heavy (non-hydrogen) atoms. The van der Waals surface area contributed by atoms with E-state index in [2.05, 4.69) is 10.2 Å². The molecule has 3 amide bonds. The van der Waals surface area contributed by atoms with Gasteiger partial charge in [0.15, 0.2) is 0 Å². The predicted molar refractivity (Wildman–Crippen MR) is 122 cm³/mol. The van der Waals surface area contributed by atoms with Crippen molar-refractivity contribution in [2.24, 2.45) is 11.3 Å². The molecule has 7 nitrogen and oxygen atoms in total. The van der Waals surface area contributed by atoms with E-state index in [1.54, 1.807) is 12.1 Å². The van der Waals surface area contributed by atoms with Gasteiger partial charge in [0, 0.05) is 50.6 Å². The number of benzene rings is 1. The van der Waals surface area contributed by atoms with E-state index < -0.39 is 0 Å². The minimum atomic E-state index is -0.384. The summed E-state index contributed by atoms with van der Waals surface area (Å²) in [6.45, 7) is 9.96. The fourth-order valence-corrected chi connectivity index (χ4v) is 4.33. The lowest BCUT2D eigenvalue weighted by molar-refractivity contribution is -0.145. The number of piperazine rings is 1. The first kappa shape index (κ1) is 23.5. The zero-order valence-corrected chi connectivity index (χ0v) is 19.5. The van der Waals surface area contributed by atoms with E-state index in [4.69, 9.17) is 11.6 Å². The maximum absolute atomic E-state index is 12.9. The van der Waals surface area contributed by atoms with Crippen molar-refractivity contribution < 1.29 is 14.4 Å². The average molecular weight is 449 g/mol. The van der Waals surface area contributed by atoms with Gasteiger partial charge in [0.2, 0.25) is 17.7 Å². The number of carbonyl (C=O) groups excluding carboxylic acids is 3. The first-order valence-corrected chi connectivity index (χ1v) is 11.4. The van der Waals surface area contributed by atoms with Gasteiger partial charge in [-0.3, -0.25) is 19.3 Å². The van der Waals surface area contributed by atoms with Gasteiger partial charge in [-0.1, -0.05) is 44.5 Å². The zero-order chi connectivity index (χ0) is 22.6. The molecule has 170 valence electrons. The molecular weight excluding hydrogens is 416 g/mol. The summed E-state index contributed by atoms with van der Waals surface area (Å²) in [5.74, 6) is 0.216. The number of anilines is 1. The van der Waals surface area contributed by atoms with Crippen LogP contribution >= 0.6 is 11.6 Å². The lowest BCUT2D eigenvalue weighted by Gasteiger charge is -2.39. The Labute approximate surface area is 189 Å². The second-order valence-corrected chi connectivity index (χ2v) is 9.85. The highest BCUT2D eigenvalue weighted by Crippen LogP contribution is 2.25. The van der Waals surface area contributed by atoms with E-state index >= 15 is 0 Å². The van der Waals surface area contributed by atoms with Gasteiger partial charge in [0.1, 0.15) is 0 Å². The zero-order valence-electron chi connectivity index (χ0n) is 18.7. The summed E-state index contributed by atoms with van der Waals surface area (Å²) in [5, 5.41) is 3.36. The van der Waals surface area contributed by atoms with Crippen molar-refractivity contribution in [1.82, 2.24) is 14.7 Å². The minimum Gasteiger partial charge on any atom is -0.342 e. The number of nitrogens with one attached hydrogen (secondary N) is 1. The molecule has 2 heterocycles. The molecule has 0 aromatic heterocycles. The SMILES string of the molecule is CC(C)(C)C(=O)N1CCC(C(=O)N2CCN(CC(=O)Nc3ccccc3Cl)CC2)CC1. The Morgan fingerprint density at radius 2 is 1.58 bits per heavy atom. The molecule has 2 fully saturated rings. The number of nitrogens with zero attached hydrogens (tertiary/aromatic N) is 3. The fraction of sp³-hybridized carbons (Fsp3) is 0.609. The average Bonchev–Trinajstić information content (AvgIpc) is 2.74. The van der Waals surface area contributed by atoms with Crippen LogP contribution in [0.15, 0.2) is 24.3 Å². The molecule has 0 atom stereocenters. The molecule has 8 heteroatoms. The molecule has 1 aromatic rings. The molecule has 2 aliphatic rings. The van der Waals surface area contributed by atoms with E-state index in [9.17, 15) is 14.4 Å². The number of para-hydroxylation sites is 1. The van der Waals surface area contributed by atoms with Crippen LogP contribution in [0.5, 0.6) is 0 Å². The third-order valence-electron chi connectivity index (χ3n) is 5.97. The molecule has 0 spiro atoms. The molecule has 2 saturated heterocycles. The van der Waals surface area contributed by atoms with E-state index in [-0.39, 0.29) is 35.6 Å². The molecule has 1 aromatic carbocycles. The van der Waals surface area contributed by atoms with E-state index in [1.165, 1.54) is 0 Å². The van der Waals surface area contributed by atoms with Gasteiger partial charge in [0.05, 0.1) is 17.3 Å². The van der Waals surface area contributed by atoms with Crippen molar-refractivity contribution in [3.8, 4) is 0 Å². The monoisotopic (exact) mass is 448 g/mol. The number of halogens is 1. The first-order chi connectivity index (χ1) is 14.6. The molecule has 0 aliphatic carbocycles. The molecule has 3 rings (SSSR count). The van der Waals surface area contributed by atoms with Crippen LogP contribution < -0.4 is 5.32 Å². The number of amides is 3. The summed E-state index contributed by atoms with van der Waals surface area (Å²) in [6.07, 6.45) is 1.45. The van der Waals surface area contributed by atoms with E-state index in [0.717, 1.165) is 12.8 Å². The van der Waals surface area contributed by atoms with Crippen LogP contribution in [0.3, 0.4) is 0 Å². The Hall–Kier alpha value is -2.12. The number of carbonyl (C=O) groups is 3. The van der Waals surface area contributed by atoms with Gasteiger partial charge in [-0.15, -0.1) is 0 Å². The van der Waals surface area contributed by atoms with E-state index in [1.807, 2.05) is 42.7 Å². The topological polar surface area (TPSA) is 73.0 Å². The lowest BCUT2D eigenvalue weighted by atomic mass is 9.90. The summed E-state index contributed by atoms with van der Waals surface area (Å²) in [7, 11) is 0. The Kier molecular flexibility index (Phi) is 7.59. The molecule has 1 N–H and O–H groups in total. The van der Waals surface area contributed by atoms with Crippen LogP contribution in [0.4, 0.5) is 5.69 Å². The van der Waals surface area contributed by atoms with Crippen LogP contribution in [0, 0.1) is 11.3 Å². The Morgan fingerprint density at radius 3 is 2.16 bits per heavy atom. The highest BCUT2D eigenvalue weighted by molar-refractivity contribution is 6.33. The van der Waals surface area contributed by atoms with Gasteiger partial charge >= 0.3 is 0 Å². The van der Waals surface area contributed by atoms with Gasteiger partial charge < -0.3 is 15.1 Å². The quantitative estimate of drug-likeness (QED) is 0.768. The van der Waals surface area contributed by atoms with Crippen molar-refractivity contribution in [2.75, 3.05) is 51.1 Å². The minimum absolute atomic E-state index is 0.0147. The third kappa shape index (κ3) is 6.20. The van der Waals surface area contributed by atoms with E-state index in [0.29, 0.717) is 50.0 Å². The number of hydrogen-bond donors (Lipinski definition) is 1. The Balaban J connectivity index is 1.41. The molecule has 0 unspecified atom stereocenters. The number of rotatable bonds is 4. The van der Waals surface area contributed by atoms with Crippen LogP contribution in [0.2, 0.25) is 5.02 Å². The molecule has 0 bridgehead atoms. The van der Waals surface area contributed by atoms with Crippen molar-refractivity contribution in [2.45, 2.75) is 33.6 Å². The van der Waals surface area contributed by atoms with Crippen LogP contribution in [-0.4, -0.2) is 78.2 Å². The third-order valence-corrected chi connectivity index (χ3v) is 6.30. The second-order valence-electron chi connectivity index (χ2n) is 9.45. The Morgan fingerprint density at radius 1 is 0.968 bits per heavy atom. The fourth-order valence-electron chi connectivity index (χ4n) is 4.14. The van der Waals surface area contributed by atoms with Crippen LogP contribution in [-0.2, 0) is 14.4 Å².